The first-order valence-electron chi connectivity index (χ1n) is 8.75. The minimum atomic E-state index is 0.909. The number of H-pyrrole nitrogens is 1. The number of hydrogen-bond donors (Lipinski definition) is 2. The number of benzene rings is 1. The molecule has 4 aliphatic carbocycles. The van der Waals surface area contributed by atoms with Crippen molar-refractivity contribution in [3.05, 3.63) is 36.0 Å². The molecule has 2 aromatic rings. The van der Waals surface area contributed by atoms with Gasteiger partial charge in [-0.3, -0.25) is 0 Å². The second-order valence-corrected chi connectivity index (χ2v) is 7.81. The van der Waals surface area contributed by atoms with Gasteiger partial charge in [0, 0.05) is 34.5 Å². The number of rotatable bonds is 3. The molecule has 0 amide bonds. The summed E-state index contributed by atoms with van der Waals surface area (Å²) in [5, 5.41) is 4.10. The van der Waals surface area contributed by atoms with Crippen LogP contribution in [0.25, 0.3) is 10.9 Å². The van der Waals surface area contributed by atoms with Crippen molar-refractivity contribution in [1.29, 1.82) is 0 Å². The zero-order valence-electron chi connectivity index (χ0n) is 12.6. The van der Waals surface area contributed by atoms with Crippen molar-refractivity contribution in [1.82, 2.24) is 4.98 Å². The van der Waals surface area contributed by atoms with Gasteiger partial charge in [0.25, 0.3) is 0 Å². The molecule has 2 nitrogen and oxygen atoms in total. The highest BCUT2D eigenvalue weighted by atomic mass is 14.9. The number of aromatic amines is 1. The molecule has 21 heavy (non-hydrogen) atoms. The van der Waals surface area contributed by atoms with Gasteiger partial charge >= 0.3 is 0 Å². The van der Waals surface area contributed by atoms with E-state index in [9.17, 15) is 0 Å². The third kappa shape index (κ3) is 1.96. The number of fused-ring (bicyclic) bond motifs is 1. The number of hydrogen-bond acceptors (Lipinski definition) is 0. The van der Waals surface area contributed by atoms with Crippen LogP contribution < -0.4 is 5.32 Å². The Labute approximate surface area is 126 Å². The molecule has 4 saturated carbocycles. The van der Waals surface area contributed by atoms with Gasteiger partial charge in [-0.1, -0.05) is 18.2 Å². The lowest BCUT2D eigenvalue weighted by Gasteiger charge is -2.52. The van der Waals surface area contributed by atoms with E-state index in [1.807, 2.05) is 0 Å². The van der Waals surface area contributed by atoms with Crippen LogP contribution in [-0.4, -0.2) is 11.0 Å². The highest BCUT2D eigenvalue weighted by Gasteiger charge is 2.50. The highest BCUT2D eigenvalue weighted by molar-refractivity contribution is 5.82. The van der Waals surface area contributed by atoms with Gasteiger partial charge < -0.3 is 10.3 Å². The number of quaternary nitrogens is 1. The van der Waals surface area contributed by atoms with Gasteiger partial charge in [-0.2, -0.15) is 0 Å². The zero-order valence-corrected chi connectivity index (χ0v) is 12.6. The van der Waals surface area contributed by atoms with Crippen molar-refractivity contribution >= 4 is 10.9 Å². The Balaban J connectivity index is 1.34. The van der Waals surface area contributed by atoms with E-state index >= 15 is 0 Å². The van der Waals surface area contributed by atoms with E-state index in [4.69, 9.17) is 0 Å². The first kappa shape index (κ1) is 12.3. The molecule has 0 radical (unpaired) electrons. The van der Waals surface area contributed by atoms with Crippen molar-refractivity contribution in [2.24, 2.45) is 23.7 Å². The van der Waals surface area contributed by atoms with E-state index in [1.165, 1.54) is 42.1 Å². The van der Waals surface area contributed by atoms with Gasteiger partial charge in [0.2, 0.25) is 0 Å². The van der Waals surface area contributed by atoms with Crippen LogP contribution in [0.1, 0.15) is 37.7 Å². The molecule has 0 unspecified atom stereocenters. The Morgan fingerprint density at radius 3 is 2.43 bits per heavy atom. The summed E-state index contributed by atoms with van der Waals surface area (Å²) in [6.45, 7) is 1.15. The van der Waals surface area contributed by atoms with Crippen molar-refractivity contribution in [2.75, 3.05) is 0 Å². The fraction of sp³-hybridized carbons (Fsp3) is 0.579. The predicted molar refractivity (Wildman–Crippen MR) is 84.8 cm³/mol. The molecule has 0 saturated heterocycles. The Morgan fingerprint density at radius 2 is 1.67 bits per heavy atom. The van der Waals surface area contributed by atoms with Crippen LogP contribution in [-0.2, 0) is 6.54 Å². The third-order valence-electron chi connectivity index (χ3n) is 6.58. The molecule has 6 rings (SSSR count). The molecule has 4 fully saturated rings. The number of para-hydroxylation sites is 1. The van der Waals surface area contributed by atoms with E-state index in [0.717, 1.165) is 36.3 Å². The van der Waals surface area contributed by atoms with Crippen molar-refractivity contribution in [3.63, 3.8) is 0 Å². The van der Waals surface area contributed by atoms with Crippen LogP contribution in [0, 0.1) is 23.7 Å². The van der Waals surface area contributed by atoms with Gasteiger partial charge in [0.1, 0.15) is 6.54 Å². The van der Waals surface area contributed by atoms with Crippen LogP contribution in [0.2, 0.25) is 0 Å². The molecule has 3 N–H and O–H groups in total. The molecule has 1 aromatic heterocycles. The van der Waals surface area contributed by atoms with Crippen molar-refractivity contribution in [3.8, 4) is 0 Å². The molecular formula is C19H25N2+. The quantitative estimate of drug-likeness (QED) is 0.867. The Bertz CT molecular complexity index is 628. The second kappa shape index (κ2) is 4.61. The Hall–Kier alpha value is -1.28. The normalized spacial score (nSPS) is 37.4. The first-order chi connectivity index (χ1) is 10.4. The fourth-order valence-corrected chi connectivity index (χ4v) is 5.92. The van der Waals surface area contributed by atoms with E-state index in [-0.39, 0.29) is 0 Å². The summed E-state index contributed by atoms with van der Waals surface area (Å²) in [5.74, 6) is 4.22. The predicted octanol–water partition coefficient (Wildman–Crippen LogP) is 3.06. The maximum atomic E-state index is 3.42. The zero-order chi connectivity index (χ0) is 13.8. The van der Waals surface area contributed by atoms with Crippen LogP contribution in [0.3, 0.4) is 0 Å². The van der Waals surface area contributed by atoms with Crippen LogP contribution in [0.5, 0.6) is 0 Å². The maximum Gasteiger partial charge on any atom is 0.104 e. The molecule has 0 spiro atoms. The monoisotopic (exact) mass is 281 g/mol. The van der Waals surface area contributed by atoms with E-state index < -0.39 is 0 Å². The minimum absolute atomic E-state index is 0.909. The molecule has 1 heterocycles. The average molecular weight is 281 g/mol. The molecular weight excluding hydrogens is 256 g/mol. The van der Waals surface area contributed by atoms with Crippen LogP contribution in [0.4, 0.5) is 0 Å². The average Bonchev–Trinajstić information content (AvgIpc) is 2.89. The SMILES string of the molecule is c1ccc2c(C[NH2+]C3C4CC5CC(C4)CC3C5)c[nH]c2c1. The molecule has 2 heteroatoms. The molecule has 110 valence electrons. The first-order valence-corrected chi connectivity index (χ1v) is 8.75. The lowest BCUT2D eigenvalue weighted by molar-refractivity contribution is -0.723. The summed E-state index contributed by atoms with van der Waals surface area (Å²) in [4.78, 5) is 3.42. The molecule has 0 atom stereocenters. The molecule has 4 bridgehead atoms. The summed E-state index contributed by atoms with van der Waals surface area (Å²) >= 11 is 0. The lowest BCUT2D eigenvalue weighted by atomic mass is 9.54. The number of nitrogens with one attached hydrogen (secondary N) is 1. The molecule has 1 aromatic carbocycles. The van der Waals surface area contributed by atoms with Crippen molar-refractivity contribution < 1.29 is 5.32 Å². The highest BCUT2D eigenvalue weighted by Crippen LogP contribution is 2.52. The summed E-state index contributed by atoms with van der Waals surface area (Å²) in [5.41, 5.74) is 2.77. The number of aromatic nitrogens is 1. The maximum absolute atomic E-state index is 3.42. The van der Waals surface area contributed by atoms with Gasteiger partial charge in [0.05, 0.1) is 6.04 Å². The number of nitrogens with two attached hydrogens (primary N) is 1. The molecule has 0 aliphatic heterocycles. The summed E-state index contributed by atoms with van der Waals surface area (Å²) in [6.07, 6.45) is 9.90. The fourth-order valence-electron chi connectivity index (χ4n) is 5.92. The second-order valence-electron chi connectivity index (χ2n) is 7.81. The van der Waals surface area contributed by atoms with Crippen LogP contribution >= 0.6 is 0 Å². The molecule has 4 aliphatic rings. The van der Waals surface area contributed by atoms with Gasteiger partial charge in [0.15, 0.2) is 0 Å². The third-order valence-corrected chi connectivity index (χ3v) is 6.58. The summed E-state index contributed by atoms with van der Waals surface area (Å²) in [6, 6.07) is 9.62. The smallest absolute Gasteiger partial charge is 0.104 e. The Kier molecular flexibility index (Phi) is 2.69. The van der Waals surface area contributed by atoms with E-state index in [2.05, 4.69) is 40.8 Å². The summed E-state index contributed by atoms with van der Waals surface area (Å²) in [7, 11) is 0. The van der Waals surface area contributed by atoms with Gasteiger partial charge in [-0.25, -0.2) is 0 Å². The van der Waals surface area contributed by atoms with Gasteiger partial charge in [-0.05, 0) is 50.0 Å². The largest absolute Gasteiger partial charge is 0.361 e. The van der Waals surface area contributed by atoms with Gasteiger partial charge in [-0.15, -0.1) is 0 Å². The Morgan fingerprint density at radius 1 is 0.952 bits per heavy atom. The topological polar surface area (TPSA) is 32.4 Å². The van der Waals surface area contributed by atoms with Crippen LogP contribution in [0.15, 0.2) is 30.5 Å². The van der Waals surface area contributed by atoms with Crippen molar-refractivity contribution in [2.45, 2.75) is 44.7 Å². The summed E-state index contributed by atoms with van der Waals surface area (Å²) < 4.78 is 0. The standard InChI is InChI=1S/C19H24N2/c1-2-4-18-17(3-1)16(10-20-18)11-21-19-14-6-12-5-13(8-14)9-15(19)7-12/h1-4,10,12-15,19-21H,5-9,11H2/p+1. The minimum Gasteiger partial charge on any atom is -0.361 e. The van der Waals surface area contributed by atoms with E-state index in [0.29, 0.717) is 0 Å². The van der Waals surface area contributed by atoms with E-state index in [1.54, 1.807) is 6.42 Å². The lowest BCUT2D eigenvalue weighted by Crippen LogP contribution is -2.93.